The molecule has 0 amide bonds. The highest BCUT2D eigenvalue weighted by atomic mass is 35.5. The molecule has 2 aromatic carbocycles. The van der Waals surface area contributed by atoms with E-state index in [2.05, 4.69) is 17.5 Å². The van der Waals surface area contributed by atoms with Crippen LogP contribution in [0.5, 0.6) is 11.5 Å². The van der Waals surface area contributed by atoms with E-state index in [1.165, 1.54) is 0 Å². The van der Waals surface area contributed by atoms with Gasteiger partial charge in [0.2, 0.25) is 0 Å². The number of hydrogen-bond acceptors (Lipinski definition) is 4. The second-order valence-corrected chi connectivity index (χ2v) is 5.87. The lowest BCUT2D eigenvalue weighted by molar-refractivity contribution is 0.294. The predicted octanol–water partition coefficient (Wildman–Crippen LogP) is 4.91. The SMILES string of the molecule is CCCOc1ccc(/C=N/NCc2c(Cl)cccc2Cl)cc1OC. The standard InChI is InChI=1S/C18H20Cl2N2O2/c1-3-9-24-17-8-7-13(10-18(17)23-2)11-21-22-12-14-15(19)5-4-6-16(14)20/h4-8,10-11,22H,3,9,12H2,1-2H3/b21-11+. The Hall–Kier alpha value is -1.91. The minimum absolute atomic E-state index is 0.448. The number of methoxy groups -OCH3 is 1. The maximum atomic E-state index is 6.12. The van der Waals surface area contributed by atoms with E-state index < -0.39 is 0 Å². The zero-order chi connectivity index (χ0) is 17.4. The smallest absolute Gasteiger partial charge is 0.161 e. The van der Waals surface area contributed by atoms with Crippen molar-refractivity contribution in [1.82, 2.24) is 5.43 Å². The fraction of sp³-hybridized carbons (Fsp3) is 0.278. The minimum atomic E-state index is 0.448. The number of nitrogens with one attached hydrogen (secondary N) is 1. The van der Waals surface area contributed by atoms with Crippen LogP contribution < -0.4 is 14.9 Å². The molecule has 128 valence electrons. The fourth-order valence-corrected chi connectivity index (χ4v) is 2.57. The van der Waals surface area contributed by atoms with Gasteiger partial charge >= 0.3 is 0 Å². The van der Waals surface area contributed by atoms with Crippen molar-refractivity contribution in [3.8, 4) is 11.5 Å². The van der Waals surface area contributed by atoms with Gasteiger partial charge in [0.25, 0.3) is 0 Å². The summed E-state index contributed by atoms with van der Waals surface area (Å²) in [6.45, 7) is 3.16. The number of halogens is 2. The molecule has 2 rings (SSSR count). The zero-order valence-corrected chi connectivity index (χ0v) is 15.2. The van der Waals surface area contributed by atoms with Crippen LogP contribution in [0.3, 0.4) is 0 Å². The van der Waals surface area contributed by atoms with Crippen LogP contribution in [0.2, 0.25) is 10.0 Å². The van der Waals surface area contributed by atoms with Crippen LogP contribution in [0.1, 0.15) is 24.5 Å². The van der Waals surface area contributed by atoms with E-state index >= 15 is 0 Å². The molecule has 0 spiro atoms. The molecule has 0 saturated heterocycles. The van der Waals surface area contributed by atoms with Crippen molar-refractivity contribution in [3.63, 3.8) is 0 Å². The maximum absolute atomic E-state index is 6.12. The Morgan fingerprint density at radius 3 is 2.54 bits per heavy atom. The number of rotatable bonds is 8. The number of benzene rings is 2. The van der Waals surface area contributed by atoms with E-state index in [4.69, 9.17) is 32.7 Å². The Kier molecular flexibility index (Phi) is 7.22. The Labute approximate surface area is 152 Å². The molecule has 0 radical (unpaired) electrons. The van der Waals surface area contributed by atoms with Gasteiger partial charge in [-0.25, -0.2) is 0 Å². The van der Waals surface area contributed by atoms with Gasteiger partial charge in [-0.05, 0) is 42.3 Å². The lowest BCUT2D eigenvalue weighted by atomic mass is 10.2. The lowest BCUT2D eigenvalue weighted by Crippen LogP contribution is -2.06. The second-order valence-electron chi connectivity index (χ2n) is 5.05. The van der Waals surface area contributed by atoms with Crippen LogP contribution in [0.15, 0.2) is 41.5 Å². The van der Waals surface area contributed by atoms with Crippen molar-refractivity contribution in [2.45, 2.75) is 19.9 Å². The van der Waals surface area contributed by atoms with Crippen LogP contribution >= 0.6 is 23.2 Å². The first-order valence-electron chi connectivity index (χ1n) is 7.65. The summed E-state index contributed by atoms with van der Waals surface area (Å²) >= 11 is 12.2. The van der Waals surface area contributed by atoms with Gasteiger partial charge in [-0.2, -0.15) is 5.10 Å². The van der Waals surface area contributed by atoms with Gasteiger partial charge < -0.3 is 14.9 Å². The van der Waals surface area contributed by atoms with Crippen molar-refractivity contribution in [2.75, 3.05) is 13.7 Å². The maximum Gasteiger partial charge on any atom is 0.161 e. The summed E-state index contributed by atoms with van der Waals surface area (Å²) < 4.78 is 11.0. The molecule has 0 fully saturated rings. The van der Waals surface area contributed by atoms with Gasteiger partial charge in [0, 0.05) is 15.6 Å². The molecule has 24 heavy (non-hydrogen) atoms. The third-order valence-electron chi connectivity index (χ3n) is 3.27. The molecule has 6 heteroatoms. The quantitative estimate of drug-likeness (QED) is 0.532. The molecule has 4 nitrogen and oxygen atoms in total. The molecular weight excluding hydrogens is 347 g/mol. The third kappa shape index (κ3) is 5.05. The average Bonchev–Trinajstić information content (AvgIpc) is 2.59. The van der Waals surface area contributed by atoms with Crippen LogP contribution in [-0.2, 0) is 6.54 Å². The first kappa shape index (κ1) is 18.4. The summed E-state index contributed by atoms with van der Waals surface area (Å²) in [6, 6.07) is 11.1. The number of ether oxygens (including phenoxy) is 2. The highest BCUT2D eigenvalue weighted by Gasteiger charge is 2.05. The van der Waals surface area contributed by atoms with Crippen LogP contribution in [0, 0.1) is 0 Å². The zero-order valence-electron chi connectivity index (χ0n) is 13.7. The summed E-state index contributed by atoms with van der Waals surface area (Å²) in [4.78, 5) is 0. The third-order valence-corrected chi connectivity index (χ3v) is 3.98. The average molecular weight is 367 g/mol. The minimum Gasteiger partial charge on any atom is -0.493 e. The Bertz CT molecular complexity index is 685. The fourth-order valence-electron chi connectivity index (χ4n) is 2.04. The molecular formula is C18H20Cl2N2O2. The molecule has 2 aromatic rings. The molecule has 0 unspecified atom stereocenters. The van der Waals surface area contributed by atoms with Crippen molar-refractivity contribution in [1.29, 1.82) is 0 Å². The number of nitrogens with zero attached hydrogens (tertiary/aromatic N) is 1. The van der Waals surface area contributed by atoms with Gasteiger partial charge in [0.1, 0.15) is 0 Å². The van der Waals surface area contributed by atoms with Gasteiger partial charge in [-0.15, -0.1) is 0 Å². The molecule has 0 atom stereocenters. The first-order chi connectivity index (χ1) is 11.7. The van der Waals surface area contributed by atoms with Crippen LogP contribution in [0.4, 0.5) is 0 Å². The van der Waals surface area contributed by atoms with E-state index in [1.807, 2.05) is 24.3 Å². The van der Waals surface area contributed by atoms with Crippen LogP contribution in [-0.4, -0.2) is 19.9 Å². The number of hydrogen-bond donors (Lipinski definition) is 1. The Balaban J connectivity index is 1.99. The summed E-state index contributed by atoms with van der Waals surface area (Å²) in [5.41, 5.74) is 4.66. The summed E-state index contributed by atoms with van der Waals surface area (Å²) in [6.07, 6.45) is 2.65. The van der Waals surface area contributed by atoms with E-state index in [1.54, 1.807) is 25.5 Å². The Morgan fingerprint density at radius 2 is 1.88 bits per heavy atom. The molecule has 0 aliphatic heterocycles. The highest BCUT2D eigenvalue weighted by Crippen LogP contribution is 2.27. The molecule has 0 bridgehead atoms. The first-order valence-corrected chi connectivity index (χ1v) is 8.41. The normalized spacial score (nSPS) is 10.8. The van der Waals surface area contributed by atoms with Crippen molar-refractivity contribution < 1.29 is 9.47 Å². The molecule has 0 aliphatic rings. The summed E-state index contributed by atoms with van der Waals surface area (Å²) in [7, 11) is 1.62. The lowest BCUT2D eigenvalue weighted by Gasteiger charge is -2.10. The van der Waals surface area contributed by atoms with Gasteiger partial charge in [-0.1, -0.05) is 36.2 Å². The van der Waals surface area contributed by atoms with Gasteiger partial charge in [-0.3, -0.25) is 0 Å². The van der Waals surface area contributed by atoms with Gasteiger partial charge in [0.15, 0.2) is 11.5 Å². The summed E-state index contributed by atoms with van der Waals surface area (Å²) in [5.74, 6) is 1.41. The van der Waals surface area contributed by atoms with Crippen molar-refractivity contribution in [3.05, 3.63) is 57.6 Å². The van der Waals surface area contributed by atoms with E-state index in [0.717, 1.165) is 23.3 Å². The van der Waals surface area contributed by atoms with Gasteiger partial charge in [0.05, 0.1) is 26.5 Å². The van der Waals surface area contributed by atoms with E-state index in [-0.39, 0.29) is 0 Å². The number of hydrazone groups is 1. The Morgan fingerprint density at radius 1 is 1.12 bits per heavy atom. The predicted molar refractivity (Wildman–Crippen MR) is 99.7 cm³/mol. The molecule has 0 aromatic heterocycles. The van der Waals surface area contributed by atoms with Crippen LogP contribution in [0.25, 0.3) is 0 Å². The molecule has 0 aliphatic carbocycles. The van der Waals surface area contributed by atoms with Crippen molar-refractivity contribution >= 4 is 29.4 Å². The van der Waals surface area contributed by atoms with Crippen molar-refractivity contribution in [2.24, 2.45) is 5.10 Å². The van der Waals surface area contributed by atoms with E-state index in [0.29, 0.717) is 28.9 Å². The topological polar surface area (TPSA) is 42.8 Å². The molecule has 1 N–H and O–H groups in total. The highest BCUT2D eigenvalue weighted by molar-refractivity contribution is 6.35. The summed E-state index contributed by atoms with van der Waals surface area (Å²) in [5, 5.41) is 5.43. The second kappa shape index (κ2) is 9.40. The molecule has 0 heterocycles. The monoisotopic (exact) mass is 366 g/mol. The molecule has 0 saturated carbocycles. The largest absolute Gasteiger partial charge is 0.493 e. The van der Waals surface area contributed by atoms with E-state index in [9.17, 15) is 0 Å².